The summed E-state index contributed by atoms with van der Waals surface area (Å²) in [5.41, 5.74) is 1.82. The van der Waals surface area contributed by atoms with E-state index in [0.29, 0.717) is 36.3 Å². The van der Waals surface area contributed by atoms with Gasteiger partial charge in [-0.05, 0) is 36.8 Å². The number of amides is 1. The van der Waals surface area contributed by atoms with Crippen molar-refractivity contribution in [1.29, 1.82) is 0 Å². The average molecular weight is 416 g/mol. The number of rotatable bonds is 8. The molecule has 3 heterocycles. The lowest BCUT2D eigenvalue weighted by molar-refractivity contribution is 0.0942. The summed E-state index contributed by atoms with van der Waals surface area (Å²) in [5.74, 6) is 1.84. The van der Waals surface area contributed by atoms with Gasteiger partial charge in [-0.25, -0.2) is 4.98 Å². The molecule has 0 atom stereocenters. The molecular formula is C23H20N4O4. The van der Waals surface area contributed by atoms with Gasteiger partial charge in [0.2, 0.25) is 5.88 Å². The van der Waals surface area contributed by atoms with Gasteiger partial charge in [0.05, 0.1) is 6.61 Å². The minimum absolute atomic E-state index is 0.201. The minimum Gasteiger partial charge on any atom is -0.490 e. The van der Waals surface area contributed by atoms with Crippen LogP contribution in [0.1, 0.15) is 23.0 Å². The molecule has 4 rings (SSSR count). The number of pyridine rings is 2. The van der Waals surface area contributed by atoms with E-state index in [9.17, 15) is 4.79 Å². The molecule has 0 aliphatic rings. The van der Waals surface area contributed by atoms with Crippen LogP contribution in [0.3, 0.4) is 0 Å². The Labute approximate surface area is 178 Å². The first-order chi connectivity index (χ1) is 15.2. The molecule has 0 aliphatic heterocycles. The van der Waals surface area contributed by atoms with Gasteiger partial charge in [-0.15, -0.1) is 0 Å². The summed E-state index contributed by atoms with van der Waals surface area (Å²) in [7, 11) is 0. The number of carbonyl (C=O) groups excluding carboxylic acids is 1. The lowest BCUT2D eigenvalue weighted by Crippen LogP contribution is -2.23. The van der Waals surface area contributed by atoms with Gasteiger partial charge in [-0.3, -0.25) is 9.78 Å². The van der Waals surface area contributed by atoms with E-state index >= 15 is 0 Å². The molecule has 0 unspecified atom stereocenters. The smallest absolute Gasteiger partial charge is 0.273 e. The van der Waals surface area contributed by atoms with E-state index in [1.807, 2.05) is 37.3 Å². The van der Waals surface area contributed by atoms with Crippen molar-refractivity contribution in [3.63, 3.8) is 0 Å². The Morgan fingerprint density at radius 2 is 1.87 bits per heavy atom. The third-order valence-corrected chi connectivity index (χ3v) is 4.32. The number of aromatic nitrogens is 3. The number of para-hydroxylation sites is 2. The molecule has 4 aromatic rings. The first kappa shape index (κ1) is 20.1. The maximum absolute atomic E-state index is 12.4. The molecule has 1 amide bonds. The number of carbonyl (C=O) groups is 1. The molecule has 0 saturated heterocycles. The molecule has 156 valence electrons. The van der Waals surface area contributed by atoms with Crippen molar-refractivity contribution in [3.05, 3.63) is 84.4 Å². The van der Waals surface area contributed by atoms with E-state index in [1.165, 1.54) is 0 Å². The Bertz CT molecular complexity index is 1140. The Morgan fingerprint density at radius 1 is 1.06 bits per heavy atom. The standard InChI is InChI=1S/C23H20N4O4/c1-2-29-19-5-3-4-6-20(19)30-22-8-7-16(14-25-22)15-26-23(28)18-13-21(31-27-18)17-9-11-24-12-10-17/h3-14H,2,15H2,1H3,(H,26,28). The summed E-state index contributed by atoms with van der Waals surface area (Å²) in [6.45, 7) is 2.75. The maximum atomic E-state index is 12.4. The van der Waals surface area contributed by atoms with Crippen LogP contribution in [0.25, 0.3) is 11.3 Å². The third kappa shape index (κ3) is 5.05. The maximum Gasteiger partial charge on any atom is 0.273 e. The number of hydrogen-bond acceptors (Lipinski definition) is 7. The third-order valence-electron chi connectivity index (χ3n) is 4.32. The van der Waals surface area contributed by atoms with E-state index in [0.717, 1.165) is 11.1 Å². The van der Waals surface area contributed by atoms with Crippen LogP contribution >= 0.6 is 0 Å². The van der Waals surface area contributed by atoms with Gasteiger partial charge in [0, 0.05) is 42.8 Å². The van der Waals surface area contributed by atoms with Gasteiger partial charge in [-0.2, -0.15) is 0 Å². The van der Waals surface area contributed by atoms with Crippen LogP contribution in [0.4, 0.5) is 0 Å². The molecule has 0 spiro atoms. The zero-order chi connectivity index (χ0) is 21.5. The second-order valence-corrected chi connectivity index (χ2v) is 6.48. The van der Waals surface area contributed by atoms with Crippen molar-refractivity contribution in [3.8, 4) is 28.7 Å². The highest BCUT2D eigenvalue weighted by Crippen LogP contribution is 2.30. The van der Waals surface area contributed by atoms with Crippen LogP contribution in [-0.4, -0.2) is 27.6 Å². The van der Waals surface area contributed by atoms with Gasteiger partial charge < -0.3 is 19.3 Å². The van der Waals surface area contributed by atoms with Crippen LogP contribution in [-0.2, 0) is 6.54 Å². The highest BCUT2D eigenvalue weighted by molar-refractivity contribution is 5.93. The minimum atomic E-state index is -0.338. The lowest BCUT2D eigenvalue weighted by Gasteiger charge is -2.11. The van der Waals surface area contributed by atoms with E-state index in [2.05, 4.69) is 20.4 Å². The summed E-state index contributed by atoms with van der Waals surface area (Å²) >= 11 is 0. The average Bonchev–Trinajstić information content (AvgIpc) is 3.31. The predicted octanol–water partition coefficient (Wildman–Crippen LogP) is 4.25. The van der Waals surface area contributed by atoms with Gasteiger partial charge in [-0.1, -0.05) is 23.4 Å². The monoisotopic (exact) mass is 416 g/mol. The predicted molar refractivity (Wildman–Crippen MR) is 113 cm³/mol. The molecule has 0 saturated carbocycles. The highest BCUT2D eigenvalue weighted by Gasteiger charge is 2.13. The van der Waals surface area contributed by atoms with Crippen LogP contribution < -0.4 is 14.8 Å². The molecule has 3 aromatic heterocycles. The molecule has 1 aromatic carbocycles. The second kappa shape index (κ2) is 9.53. The Morgan fingerprint density at radius 3 is 2.61 bits per heavy atom. The van der Waals surface area contributed by atoms with E-state index in [4.69, 9.17) is 14.0 Å². The van der Waals surface area contributed by atoms with Crippen LogP contribution in [0.5, 0.6) is 17.4 Å². The number of ether oxygens (including phenoxy) is 2. The van der Waals surface area contributed by atoms with Crippen molar-refractivity contribution >= 4 is 5.91 Å². The fraction of sp³-hybridized carbons (Fsp3) is 0.130. The van der Waals surface area contributed by atoms with Gasteiger partial charge in [0.15, 0.2) is 23.0 Å². The molecule has 0 bridgehead atoms. The molecule has 0 radical (unpaired) electrons. The second-order valence-electron chi connectivity index (χ2n) is 6.48. The summed E-state index contributed by atoms with van der Waals surface area (Å²) in [6.07, 6.45) is 4.94. The quantitative estimate of drug-likeness (QED) is 0.458. The SMILES string of the molecule is CCOc1ccccc1Oc1ccc(CNC(=O)c2cc(-c3ccncc3)on2)cn1. The highest BCUT2D eigenvalue weighted by atomic mass is 16.5. The molecule has 1 N–H and O–H groups in total. The first-order valence-corrected chi connectivity index (χ1v) is 9.73. The topological polar surface area (TPSA) is 99.4 Å². The number of hydrogen-bond donors (Lipinski definition) is 1. The van der Waals surface area contributed by atoms with Crippen molar-refractivity contribution < 1.29 is 18.8 Å². The summed E-state index contributed by atoms with van der Waals surface area (Å²) in [6, 6.07) is 16.1. The van der Waals surface area contributed by atoms with Crippen LogP contribution in [0.15, 0.2) is 77.7 Å². The van der Waals surface area contributed by atoms with Gasteiger partial charge in [0.25, 0.3) is 5.91 Å². The molecule has 31 heavy (non-hydrogen) atoms. The fourth-order valence-corrected chi connectivity index (χ4v) is 2.81. The van der Waals surface area contributed by atoms with Crippen molar-refractivity contribution in [2.24, 2.45) is 0 Å². The van der Waals surface area contributed by atoms with E-state index < -0.39 is 0 Å². The summed E-state index contributed by atoms with van der Waals surface area (Å²) in [4.78, 5) is 20.6. The van der Waals surface area contributed by atoms with E-state index in [-0.39, 0.29) is 11.6 Å². The summed E-state index contributed by atoms with van der Waals surface area (Å²) in [5, 5.41) is 6.63. The largest absolute Gasteiger partial charge is 0.490 e. The summed E-state index contributed by atoms with van der Waals surface area (Å²) < 4.78 is 16.6. The Balaban J connectivity index is 1.35. The lowest BCUT2D eigenvalue weighted by atomic mass is 10.2. The van der Waals surface area contributed by atoms with Gasteiger partial charge >= 0.3 is 0 Å². The Kier molecular flexibility index (Phi) is 6.18. The normalized spacial score (nSPS) is 10.5. The van der Waals surface area contributed by atoms with Gasteiger partial charge in [0.1, 0.15) is 0 Å². The van der Waals surface area contributed by atoms with E-state index in [1.54, 1.807) is 42.9 Å². The molecular weight excluding hydrogens is 396 g/mol. The van der Waals surface area contributed by atoms with Crippen LogP contribution in [0.2, 0.25) is 0 Å². The zero-order valence-corrected chi connectivity index (χ0v) is 16.8. The Hall–Kier alpha value is -4.20. The molecule has 0 aliphatic carbocycles. The van der Waals surface area contributed by atoms with Crippen molar-refractivity contribution in [2.75, 3.05) is 6.61 Å². The first-order valence-electron chi connectivity index (χ1n) is 9.73. The van der Waals surface area contributed by atoms with Crippen LogP contribution in [0, 0.1) is 0 Å². The van der Waals surface area contributed by atoms with Crippen molar-refractivity contribution in [1.82, 2.24) is 20.4 Å². The zero-order valence-electron chi connectivity index (χ0n) is 16.8. The number of nitrogens with one attached hydrogen (secondary N) is 1. The molecule has 8 nitrogen and oxygen atoms in total. The fourth-order valence-electron chi connectivity index (χ4n) is 2.81. The number of nitrogens with zero attached hydrogens (tertiary/aromatic N) is 3. The molecule has 0 fully saturated rings. The molecule has 8 heteroatoms. The van der Waals surface area contributed by atoms with Crippen molar-refractivity contribution in [2.45, 2.75) is 13.5 Å². The number of benzene rings is 1.